The van der Waals surface area contributed by atoms with Crippen LogP contribution in [0.4, 0.5) is 0 Å². The van der Waals surface area contributed by atoms with Crippen LogP contribution in [0.3, 0.4) is 0 Å². The third kappa shape index (κ3) is 2.85. The molecule has 0 saturated carbocycles. The zero-order chi connectivity index (χ0) is 12.3. The zero-order valence-corrected chi connectivity index (χ0v) is 10.3. The Morgan fingerprint density at radius 1 is 1.41 bits per heavy atom. The Morgan fingerprint density at radius 2 is 2.24 bits per heavy atom. The van der Waals surface area contributed by atoms with Crippen molar-refractivity contribution in [2.24, 2.45) is 7.05 Å². The van der Waals surface area contributed by atoms with Crippen LogP contribution in [0.15, 0.2) is 18.3 Å². The summed E-state index contributed by atoms with van der Waals surface area (Å²) >= 11 is 0. The van der Waals surface area contributed by atoms with Crippen LogP contribution in [-0.2, 0) is 13.5 Å². The van der Waals surface area contributed by atoms with E-state index in [4.69, 9.17) is 0 Å². The summed E-state index contributed by atoms with van der Waals surface area (Å²) < 4.78 is 0. The summed E-state index contributed by atoms with van der Waals surface area (Å²) in [6.07, 6.45) is 2.59. The molecule has 90 valence electrons. The Hall–Kier alpha value is -1.82. The summed E-state index contributed by atoms with van der Waals surface area (Å²) in [6.45, 7) is 1.97. The van der Waals surface area contributed by atoms with Crippen molar-refractivity contribution in [3.05, 3.63) is 35.4 Å². The minimum absolute atomic E-state index is 0.160. The number of nitrogens with one attached hydrogen (secondary N) is 1. The van der Waals surface area contributed by atoms with Crippen molar-refractivity contribution in [1.82, 2.24) is 30.5 Å². The molecule has 6 heteroatoms. The van der Waals surface area contributed by atoms with Crippen LogP contribution in [0.1, 0.15) is 23.1 Å². The lowest BCUT2D eigenvalue weighted by atomic mass is 10.1. The van der Waals surface area contributed by atoms with Crippen molar-refractivity contribution in [2.45, 2.75) is 19.4 Å². The summed E-state index contributed by atoms with van der Waals surface area (Å²) in [5, 5.41) is 15.2. The number of rotatable bonds is 4. The predicted molar refractivity (Wildman–Crippen MR) is 63.3 cm³/mol. The predicted octanol–water partition coefficient (Wildman–Crippen LogP) is 0.417. The summed E-state index contributed by atoms with van der Waals surface area (Å²) in [7, 11) is 3.68. The van der Waals surface area contributed by atoms with Gasteiger partial charge in [-0.15, -0.1) is 10.2 Å². The molecule has 1 N–H and O–H groups in total. The fraction of sp³-hybridized carbons (Fsp3) is 0.455. The summed E-state index contributed by atoms with van der Waals surface area (Å²) in [6, 6.07) is 4.23. The summed E-state index contributed by atoms with van der Waals surface area (Å²) in [4.78, 5) is 5.76. The first kappa shape index (κ1) is 11.7. The monoisotopic (exact) mass is 232 g/mol. The zero-order valence-electron chi connectivity index (χ0n) is 10.3. The minimum Gasteiger partial charge on any atom is -0.313 e. The number of likely N-dealkylation sites (N-methyl/N-ethyl adjacent to an activating group) is 1. The number of pyridine rings is 1. The molecule has 6 nitrogen and oxygen atoms in total. The van der Waals surface area contributed by atoms with Crippen LogP contribution >= 0.6 is 0 Å². The Bertz CT molecular complexity index is 475. The third-order valence-electron chi connectivity index (χ3n) is 2.62. The van der Waals surface area contributed by atoms with Gasteiger partial charge in [0.2, 0.25) is 0 Å². The van der Waals surface area contributed by atoms with Crippen LogP contribution in [0.5, 0.6) is 0 Å². The Kier molecular flexibility index (Phi) is 3.43. The molecule has 0 aromatic carbocycles. The molecule has 0 spiro atoms. The van der Waals surface area contributed by atoms with E-state index in [1.54, 1.807) is 7.05 Å². The van der Waals surface area contributed by atoms with Gasteiger partial charge in [0.15, 0.2) is 5.82 Å². The molecule has 0 saturated heterocycles. The van der Waals surface area contributed by atoms with E-state index >= 15 is 0 Å². The average molecular weight is 232 g/mol. The SMILES string of the molecule is CNC(Cc1nnn(C)n1)c1ccc(C)nc1. The molecule has 1 atom stereocenters. The van der Waals surface area contributed by atoms with Gasteiger partial charge in [-0.1, -0.05) is 6.07 Å². The molecular formula is C11H16N6. The molecule has 2 aromatic heterocycles. The first-order chi connectivity index (χ1) is 8.19. The lowest BCUT2D eigenvalue weighted by Crippen LogP contribution is -2.19. The highest BCUT2D eigenvalue weighted by Crippen LogP contribution is 2.15. The average Bonchev–Trinajstić information content (AvgIpc) is 2.73. The molecule has 0 aliphatic rings. The van der Waals surface area contributed by atoms with Crippen molar-refractivity contribution in [3.8, 4) is 0 Å². The van der Waals surface area contributed by atoms with Crippen molar-refractivity contribution < 1.29 is 0 Å². The fourth-order valence-electron chi connectivity index (χ4n) is 1.66. The van der Waals surface area contributed by atoms with E-state index < -0.39 is 0 Å². The van der Waals surface area contributed by atoms with Crippen LogP contribution in [0, 0.1) is 6.92 Å². The second-order valence-corrected chi connectivity index (χ2v) is 3.97. The number of hydrogen-bond donors (Lipinski definition) is 1. The third-order valence-corrected chi connectivity index (χ3v) is 2.62. The van der Waals surface area contributed by atoms with E-state index in [1.807, 2.05) is 26.2 Å². The van der Waals surface area contributed by atoms with Gasteiger partial charge in [0.1, 0.15) is 0 Å². The molecule has 0 aliphatic carbocycles. The molecule has 0 fully saturated rings. The molecule has 1 unspecified atom stereocenters. The van der Waals surface area contributed by atoms with Crippen LogP contribution in [-0.4, -0.2) is 32.2 Å². The molecule has 0 amide bonds. The van der Waals surface area contributed by atoms with Gasteiger partial charge in [-0.05, 0) is 30.8 Å². The molecular weight excluding hydrogens is 216 g/mol. The van der Waals surface area contributed by atoms with Gasteiger partial charge >= 0.3 is 0 Å². The Balaban J connectivity index is 2.13. The minimum atomic E-state index is 0.160. The van der Waals surface area contributed by atoms with Gasteiger partial charge in [-0.3, -0.25) is 4.98 Å². The van der Waals surface area contributed by atoms with Crippen LogP contribution < -0.4 is 5.32 Å². The maximum absolute atomic E-state index is 4.29. The van der Waals surface area contributed by atoms with E-state index in [0.29, 0.717) is 6.42 Å². The van der Waals surface area contributed by atoms with Crippen molar-refractivity contribution >= 4 is 0 Å². The van der Waals surface area contributed by atoms with E-state index in [2.05, 4.69) is 31.8 Å². The molecule has 0 radical (unpaired) electrons. The van der Waals surface area contributed by atoms with E-state index in [1.165, 1.54) is 4.80 Å². The topological polar surface area (TPSA) is 68.5 Å². The lowest BCUT2D eigenvalue weighted by molar-refractivity contribution is 0.568. The number of aryl methyl sites for hydroxylation is 2. The first-order valence-electron chi connectivity index (χ1n) is 5.51. The van der Waals surface area contributed by atoms with Crippen molar-refractivity contribution in [3.63, 3.8) is 0 Å². The van der Waals surface area contributed by atoms with Gasteiger partial charge < -0.3 is 5.32 Å². The quantitative estimate of drug-likeness (QED) is 0.827. The van der Waals surface area contributed by atoms with E-state index in [9.17, 15) is 0 Å². The highest BCUT2D eigenvalue weighted by molar-refractivity contribution is 5.18. The van der Waals surface area contributed by atoms with Gasteiger partial charge in [0.25, 0.3) is 0 Å². The second-order valence-electron chi connectivity index (χ2n) is 3.97. The molecule has 0 bridgehead atoms. The second kappa shape index (κ2) is 5.01. The van der Waals surface area contributed by atoms with Crippen molar-refractivity contribution in [2.75, 3.05) is 7.05 Å². The standard InChI is InChI=1S/C11H16N6/c1-8-4-5-9(7-13-8)10(12-2)6-11-14-16-17(3)15-11/h4-5,7,10,12H,6H2,1-3H3. The molecule has 2 rings (SSSR count). The largest absolute Gasteiger partial charge is 0.313 e. The summed E-state index contributed by atoms with van der Waals surface area (Å²) in [5.41, 5.74) is 2.15. The van der Waals surface area contributed by atoms with Crippen LogP contribution in [0.2, 0.25) is 0 Å². The Morgan fingerprint density at radius 3 is 2.76 bits per heavy atom. The maximum atomic E-state index is 4.29. The molecule has 2 aromatic rings. The highest BCUT2D eigenvalue weighted by Gasteiger charge is 2.13. The first-order valence-corrected chi connectivity index (χ1v) is 5.51. The van der Waals surface area contributed by atoms with Crippen molar-refractivity contribution in [1.29, 1.82) is 0 Å². The number of hydrogen-bond acceptors (Lipinski definition) is 5. The number of nitrogens with zero attached hydrogens (tertiary/aromatic N) is 5. The van der Waals surface area contributed by atoms with Gasteiger partial charge in [-0.25, -0.2) is 0 Å². The van der Waals surface area contributed by atoms with E-state index in [0.717, 1.165) is 17.1 Å². The van der Waals surface area contributed by atoms with Gasteiger partial charge in [-0.2, -0.15) is 4.80 Å². The maximum Gasteiger partial charge on any atom is 0.176 e. The van der Waals surface area contributed by atoms with Gasteiger partial charge in [0.05, 0.1) is 7.05 Å². The lowest BCUT2D eigenvalue weighted by Gasteiger charge is -2.14. The highest BCUT2D eigenvalue weighted by atomic mass is 15.6. The molecule has 17 heavy (non-hydrogen) atoms. The molecule has 0 aliphatic heterocycles. The number of aromatic nitrogens is 5. The number of tetrazole rings is 1. The smallest absolute Gasteiger partial charge is 0.176 e. The normalized spacial score (nSPS) is 12.6. The fourth-order valence-corrected chi connectivity index (χ4v) is 1.66. The van der Waals surface area contributed by atoms with Gasteiger partial charge in [0, 0.05) is 24.4 Å². The van der Waals surface area contributed by atoms with E-state index in [-0.39, 0.29) is 6.04 Å². The molecule has 2 heterocycles. The Labute approximate surface area is 100 Å². The van der Waals surface area contributed by atoms with Crippen LogP contribution in [0.25, 0.3) is 0 Å². The summed E-state index contributed by atoms with van der Waals surface area (Å²) in [5.74, 6) is 0.729.